The first kappa shape index (κ1) is 23.9. The average molecular weight is 439 g/mol. The fourth-order valence-electron chi connectivity index (χ4n) is 2.71. The lowest BCUT2D eigenvalue weighted by Crippen LogP contribution is -2.38. The van der Waals surface area contributed by atoms with Crippen LogP contribution in [-0.2, 0) is 19.5 Å². The second-order valence-electron chi connectivity index (χ2n) is 7.49. The number of ether oxygens (including phenoxy) is 3. The van der Waals surface area contributed by atoms with Crippen LogP contribution in [0.1, 0.15) is 27.7 Å². The lowest BCUT2D eigenvalue weighted by molar-refractivity contribution is 0.0529. The summed E-state index contributed by atoms with van der Waals surface area (Å²) in [6, 6.07) is 10.6. The molecular weight excluding hydrogens is 408 g/mol. The van der Waals surface area contributed by atoms with Gasteiger partial charge in [-0.1, -0.05) is 30.3 Å². The lowest BCUT2D eigenvalue weighted by atomic mass is 10.1. The molecule has 1 amide bonds. The van der Waals surface area contributed by atoms with Crippen molar-refractivity contribution in [1.82, 2.24) is 10.0 Å². The Morgan fingerprint density at radius 1 is 1.03 bits per heavy atom. The molecule has 9 heteroatoms. The summed E-state index contributed by atoms with van der Waals surface area (Å²) in [5.41, 5.74) is -0.625. The standard InChI is InChI=1S/C21H30N2O6S/c1-5-27-14-15-28-18-11-10-16-8-6-7-9-17(16)19(18)30(25,26)23-13-12-22-20(24)29-21(2,3)4/h6-11,23H,5,12-15H2,1-4H3,(H,22,24). The first-order chi connectivity index (χ1) is 14.1. The molecule has 0 radical (unpaired) electrons. The Labute approximate surface area is 177 Å². The maximum atomic E-state index is 13.1. The Hall–Kier alpha value is -2.36. The summed E-state index contributed by atoms with van der Waals surface area (Å²) in [6.07, 6.45) is -0.605. The summed E-state index contributed by atoms with van der Waals surface area (Å²) in [4.78, 5) is 11.8. The van der Waals surface area contributed by atoms with Gasteiger partial charge in [0.15, 0.2) is 0 Å². The number of rotatable bonds is 10. The lowest BCUT2D eigenvalue weighted by Gasteiger charge is -2.20. The van der Waals surface area contributed by atoms with Crippen molar-refractivity contribution in [2.75, 3.05) is 32.9 Å². The van der Waals surface area contributed by atoms with Gasteiger partial charge in [0.05, 0.1) is 6.61 Å². The van der Waals surface area contributed by atoms with E-state index in [1.807, 2.05) is 25.1 Å². The summed E-state index contributed by atoms with van der Waals surface area (Å²) >= 11 is 0. The summed E-state index contributed by atoms with van der Waals surface area (Å²) in [5.74, 6) is 0.251. The zero-order valence-electron chi connectivity index (χ0n) is 17.9. The molecule has 2 aromatic rings. The fraction of sp³-hybridized carbons (Fsp3) is 0.476. The van der Waals surface area contributed by atoms with E-state index in [2.05, 4.69) is 10.0 Å². The molecule has 166 valence electrons. The van der Waals surface area contributed by atoms with Gasteiger partial charge in [-0.2, -0.15) is 0 Å². The largest absolute Gasteiger partial charge is 0.490 e. The molecule has 0 unspecified atom stereocenters. The van der Waals surface area contributed by atoms with E-state index >= 15 is 0 Å². The molecule has 0 aliphatic carbocycles. The Kier molecular flexibility index (Phi) is 8.45. The first-order valence-corrected chi connectivity index (χ1v) is 11.3. The zero-order valence-corrected chi connectivity index (χ0v) is 18.7. The van der Waals surface area contributed by atoms with E-state index in [1.54, 1.807) is 39.0 Å². The van der Waals surface area contributed by atoms with Gasteiger partial charge in [0.25, 0.3) is 0 Å². The molecule has 0 heterocycles. The van der Waals surface area contributed by atoms with Crippen LogP contribution in [0.2, 0.25) is 0 Å². The molecule has 0 spiro atoms. The molecule has 0 aliphatic rings. The van der Waals surface area contributed by atoms with Gasteiger partial charge >= 0.3 is 6.09 Å². The number of carbonyl (C=O) groups is 1. The molecule has 8 nitrogen and oxygen atoms in total. The van der Waals surface area contributed by atoms with Crippen LogP contribution in [-0.4, -0.2) is 53.0 Å². The maximum absolute atomic E-state index is 13.1. The molecule has 30 heavy (non-hydrogen) atoms. The Morgan fingerprint density at radius 2 is 1.77 bits per heavy atom. The second-order valence-corrected chi connectivity index (χ2v) is 9.19. The SMILES string of the molecule is CCOCCOc1ccc2ccccc2c1S(=O)(=O)NCCNC(=O)OC(C)(C)C. The predicted molar refractivity (Wildman–Crippen MR) is 115 cm³/mol. The number of alkyl carbamates (subject to hydrolysis) is 1. The van der Waals surface area contributed by atoms with Crippen LogP contribution in [0.4, 0.5) is 4.79 Å². The quantitative estimate of drug-likeness (QED) is 0.553. The third-order valence-corrected chi connectivity index (χ3v) is 5.43. The van der Waals surface area contributed by atoms with Crippen LogP contribution in [0.3, 0.4) is 0 Å². The van der Waals surface area contributed by atoms with Crippen molar-refractivity contribution in [2.24, 2.45) is 0 Å². The van der Waals surface area contributed by atoms with Gasteiger partial charge in [-0.05, 0) is 39.1 Å². The van der Waals surface area contributed by atoms with E-state index in [0.29, 0.717) is 18.6 Å². The third-order valence-electron chi connectivity index (χ3n) is 3.89. The van der Waals surface area contributed by atoms with Gasteiger partial charge in [0.1, 0.15) is 22.9 Å². The number of hydrogen-bond acceptors (Lipinski definition) is 6. The summed E-state index contributed by atoms with van der Waals surface area (Å²) in [6.45, 7) is 8.36. The van der Waals surface area contributed by atoms with E-state index < -0.39 is 21.7 Å². The highest BCUT2D eigenvalue weighted by atomic mass is 32.2. The van der Waals surface area contributed by atoms with E-state index in [4.69, 9.17) is 14.2 Å². The van der Waals surface area contributed by atoms with Gasteiger partial charge in [0.2, 0.25) is 10.0 Å². The fourth-order valence-corrected chi connectivity index (χ4v) is 4.09. The number of nitrogens with one attached hydrogen (secondary N) is 2. The number of hydrogen-bond donors (Lipinski definition) is 2. The first-order valence-electron chi connectivity index (χ1n) is 9.83. The van der Waals surface area contributed by atoms with Gasteiger partial charge < -0.3 is 19.5 Å². The molecule has 0 saturated carbocycles. The molecule has 0 saturated heterocycles. The van der Waals surface area contributed by atoms with Gasteiger partial charge in [-0.15, -0.1) is 0 Å². The predicted octanol–water partition coefficient (Wildman–Crippen LogP) is 3.06. The minimum atomic E-state index is -3.90. The molecule has 2 rings (SSSR count). The Bertz CT molecular complexity index is 954. The number of sulfonamides is 1. The smallest absolute Gasteiger partial charge is 0.407 e. The number of carbonyl (C=O) groups excluding carboxylic acids is 1. The number of benzene rings is 2. The molecule has 2 N–H and O–H groups in total. The van der Waals surface area contributed by atoms with Crippen LogP contribution >= 0.6 is 0 Å². The highest BCUT2D eigenvalue weighted by Crippen LogP contribution is 2.32. The summed E-state index contributed by atoms with van der Waals surface area (Å²) in [5, 5.41) is 3.86. The van der Waals surface area contributed by atoms with Gasteiger partial charge in [0, 0.05) is 25.1 Å². The van der Waals surface area contributed by atoms with Crippen molar-refractivity contribution >= 4 is 26.9 Å². The van der Waals surface area contributed by atoms with Crippen LogP contribution in [0, 0.1) is 0 Å². The second kappa shape index (κ2) is 10.6. The summed E-state index contributed by atoms with van der Waals surface area (Å²) in [7, 11) is -3.90. The molecule has 0 atom stereocenters. The Balaban J connectivity index is 2.14. The van der Waals surface area contributed by atoms with Crippen molar-refractivity contribution in [3.63, 3.8) is 0 Å². The molecule has 2 aromatic carbocycles. The van der Waals surface area contributed by atoms with E-state index in [1.165, 1.54) is 0 Å². The monoisotopic (exact) mass is 438 g/mol. The van der Waals surface area contributed by atoms with Gasteiger partial charge in [-0.25, -0.2) is 17.9 Å². The molecule has 0 aliphatic heterocycles. The van der Waals surface area contributed by atoms with Crippen molar-refractivity contribution in [3.05, 3.63) is 36.4 Å². The number of fused-ring (bicyclic) bond motifs is 1. The Morgan fingerprint density at radius 3 is 2.47 bits per heavy atom. The molecular formula is C21H30N2O6S. The van der Waals surface area contributed by atoms with E-state index in [-0.39, 0.29) is 30.3 Å². The topological polar surface area (TPSA) is 103 Å². The van der Waals surface area contributed by atoms with Crippen molar-refractivity contribution in [1.29, 1.82) is 0 Å². The average Bonchev–Trinajstić information content (AvgIpc) is 2.67. The molecule has 0 bridgehead atoms. The number of amides is 1. The van der Waals surface area contributed by atoms with Crippen LogP contribution in [0.15, 0.2) is 41.3 Å². The minimum Gasteiger partial charge on any atom is -0.490 e. The van der Waals surface area contributed by atoms with Crippen molar-refractivity contribution in [2.45, 2.75) is 38.2 Å². The normalized spacial score (nSPS) is 12.0. The maximum Gasteiger partial charge on any atom is 0.407 e. The van der Waals surface area contributed by atoms with Crippen molar-refractivity contribution < 1.29 is 27.4 Å². The third kappa shape index (κ3) is 7.16. The van der Waals surface area contributed by atoms with Crippen LogP contribution in [0.5, 0.6) is 5.75 Å². The van der Waals surface area contributed by atoms with E-state index in [9.17, 15) is 13.2 Å². The molecule has 0 aromatic heterocycles. The van der Waals surface area contributed by atoms with Gasteiger partial charge in [-0.3, -0.25) is 0 Å². The van der Waals surface area contributed by atoms with Crippen molar-refractivity contribution in [3.8, 4) is 5.75 Å². The van der Waals surface area contributed by atoms with Crippen LogP contribution < -0.4 is 14.8 Å². The molecule has 0 fully saturated rings. The van der Waals surface area contributed by atoms with E-state index in [0.717, 1.165) is 5.39 Å². The van der Waals surface area contributed by atoms with Crippen LogP contribution in [0.25, 0.3) is 10.8 Å². The highest BCUT2D eigenvalue weighted by Gasteiger charge is 2.23. The minimum absolute atomic E-state index is 0.00316. The summed E-state index contributed by atoms with van der Waals surface area (Å²) < 4.78 is 44.7. The highest BCUT2D eigenvalue weighted by molar-refractivity contribution is 7.89. The zero-order chi connectivity index (χ0) is 22.2.